The van der Waals surface area contributed by atoms with E-state index in [1.807, 2.05) is 0 Å². The van der Waals surface area contributed by atoms with Crippen molar-refractivity contribution in [2.24, 2.45) is 0 Å². The third-order valence-corrected chi connectivity index (χ3v) is 2.98. The van der Waals surface area contributed by atoms with Gasteiger partial charge in [-0.05, 0) is 46.3 Å². The van der Waals surface area contributed by atoms with E-state index in [9.17, 15) is 9.59 Å². The van der Waals surface area contributed by atoms with Gasteiger partial charge in [-0.1, -0.05) is 0 Å². The van der Waals surface area contributed by atoms with E-state index in [2.05, 4.69) is 36.3 Å². The van der Waals surface area contributed by atoms with Crippen molar-refractivity contribution in [3.8, 4) is 0 Å². The molecule has 1 heterocycles. The number of anilines is 2. The molecule has 7 heteroatoms. The Bertz CT molecular complexity index is 659. The number of methoxy groups -OCH3 is 1. The molecule has 108 valence electrons. The molecule has 0 radical (unpaired) electrons. The number of aromatic nitrogens is 1. The highest BCUT2D eigenvalue weighted by Gasteiger charge is 2.07. The highest BCUT2D eigenvalue weighted by Crippen LogP contribution is 2.16. The number of nitrogens with zero attached hydrogens (tertiary/aromatic N) is 1. The van der Waals surface area contributed by atoms with E-state index in [-0.39, 0.29) is 5.91 Å². The minimum atomic E-state index is -0.549. The Balaban J connectivity index is 2.03. The van der Waals surface area contributed by atoms with Crippen molar-refractivity contribution in [2.45, 2.75) is 0 Å². The molecule has 6 nitrogen and oxygen atoms in total. The van der Waals surface area contributed by atoms with Crippen LogP contribution in [0.1, 0.15) is 10.4 Å². The van der Waals surface area contributed by atoms with Gasteiger partial charge in [0, 0.05) is 28.2 Å². The van der Waals surface area contributed by atoms with Gasteiger partial charge in [0.25, 0.3) is 5.91 Å². The summed E-state index contributed by atoms with van der Waals surface area (Å²) < 4.78 is 5.22. The largest absolute Gasteiger partial charge is 0.453 e. The second-order valence-corrected chi connectivity index (χ2v) is 4.96. The number of carbonyl (C=O) groups excluding carboxylic acids is 2. The van der Waals surface area contributed by atoms with E-state index in [0.717, 1.165) is 4.47 Å². The summed E-state index contributed by atoms with van der Waals surface area (Å²) >= 11 is 3.26. The number of benzene rings is 1. The van der Waals surface area contributed by atoms with Crippen LogP contribution < -0.4 is 10.6 Å². The summed E-state index contributed by atoms with van der Waals surface area (Å²) in [6.45, 7) is 0. The number of amides is 2. The van der Waals surface area contributed by atoms with Crippen molar-refractivity contribution >= 4 is 39.3 Å². The van der Waals surface area contributed by atoms with Crippen molar-refractivity contribution in [3.63, 3.8) is 0 Å². The minimum absolute atomic E-state index is 0.266. The Labute approximate surface area is 129 Å². The SMILES string of the molecule is COC(=O)Nc1ccc(NC(=O)c2cncc(Br)c2)cc1. The Kier molecular flexibility index (Phi) is 4.89. The number of hydrogen-bond donors (Lipinski definition) is 2. The topological polar surface area (TPSA) is 80.3 Å². The number of nitrogens with one attached hydrogen (secondary N) is 2. The Morgan fingerprint density at radius 1 is 1.10 bits per heavy atom. The first-order valence-electron chi connectivity index (χ1n) is 5.95. The number of halogens is 1. The average molecular weight is 350 g/mol. The van der Waals surface area contributed by atoms with Gasteiger partial charge in [-0.2, -0.15) is 0 Å². The first-order chi connectivity index (χ1) is 10.1. The van der Waals surface area contributed by atoms with Crippen LogP contribution >= 0.6 is 15.9 Å². The molecule has 0 aliphatic carbocycles. The van der Waals surface area contributed by atoms with Crippen LogP contribution in [0.3, 0.4) is 0 Å². The van der Waals surface area contributed by atoms with Crippen LogP contribution in [0.4, 0.5) is 16.2 Å². The maximum Gasteiger partial charge on any atom is 0.411 e. The number of hydrogen-bond acceptors (Lipinski definition) is 4. The lowest BCUT2D eigenvalue weighted by Gasteiger charge is -2.07. The fourth-order valence-electron chi connectivity index (χ4n) is 1.55. The molecular formula is C14H12BrN3O3. The summed E-state index contributed by atoms with van der Waals surface area (Å²) in [5, 5.41) is 5.26. The Hall–Kier alpha value is -2.41. The fraction of sp³-hybridized carbons (Fsp3) is 0.0714. The Morgan fingerprint density at radius 3 is 2.29 bits per heavy atom. The van der Waals surface area contributed by atoms with Crippen molar-refractivity contribution < 1.29 is 14.3 Å². The third kappa shape index (κ3) is 4.28. The maximum absolute atomic E-state index is 12.0. The van der Waals surface area contributed by atoms with Gasteiger partial charge in [-0.15, -0.1) is 0 Å². The van der Waals surface area contributed by atoms with E-state index in [1.165, 1.54) is 13.3 Å². The van der Waals surface area contributed by atoms with E-state index < -0.39 is 6.09 Å². The standard InChI is InChI=1S/C14H12BrN3O3/c1-21-14(20)18-12-4-2-11(3-5-12)17-13(19)9-6-10(15)8-16-7-9/h2-8H,1H3,(H,17,19)(H,18,20). The molecule has 0 spiro atoms. The first kappa shape index (κ1) is 15.0. The van der Waals surface area contributed by atoms with E-state index >= 15 is 0 Å². The van der Waals surface area contributed by atoms with Crippen LogP contribution in [0.5, 0.6) is 0 Å². The minimum Gasteiger partial charge on any atom is -0.453 e. The van der Waals surface area contributed by atoms with Gasteiger partial charge in [-0.25, -0.2) is 4.79 Å². The lowest BCUT2D eigenvalue weighted by Crippen LogP contribution is -2.13. The zero-order valence-corrected chi connectivity index (χ0v) is 12.7. The summed E-state index contributed by atoms with van der Waals surface area (Å²) in [5.74, 6) is -0.266. The molecule has 0 fully saturated rings. The highest BCUT2D eigenvalue weighted by molar-refractivity contribution is 9.10. The lowest BCUT2D eigenvalue weighted by atomic mass is 10.2. The van der Waals surface area contributed by atoms with Crippen molar-refractivity contribution in [1.29, 1.82) is 0 Å². The summed E-state index contributed by atoms with van der Waals surface area (Å²) in [6.07, 6.45) is 2.53. The quantitative estimate of drug-likeness (QED) is 0.890. The van der Waals surface area contributed by atoms with Crippen molar-refractivity contribution in [3.05, 3.63) is 52.8 Å². The van der Waals surface area contributed by atoms with E-state index in [0.29, 0.717) is 16.9 Å². The molecule has 0 bridgehead atoms. The smallest absolute Gasteiger partial charge is 0.411 e. The molecule has 1 aromatic carbocycles. The number of pyridine rings is 1. The second-order valence-electron chi connectivity index (χ2n) is 4.04. The zero-order valence-electron chi connectivity index (χ0n) is 11.1. The van der Waals surface area contributed by atoms with Gasteiger partial charge >= 0.3 is 6.09 Å². The van der Waals surface area contributed by atoms with E-state index in [4.69, 9.17) is 0 Å². The predicted octanol–water partition coefficient (Wildman–Crippen LogP) is 3.27. The van der Waals surface area contributed by atoms with Crippen LogP contribution in [0.15, 0.2) is 47.2 Å². The first-order valence-corrected chi connectivity index (χ1v) is 6.75. The lowest BCUT2D eigenvalue weighted by molar-refractivity contribution is 0.102. The molecule has 2 amide bonds. The molecular weight excluding hydrogens is 338 g/mol. The molecule has 2 rings (SSSR count). The summed E-state index contributed by atoms with van der Waals surface area (Å²) in [4.78, 5) is 27.0. The molecule has 0 unspecified atom stereocenters. The van der Waals surface area contributed by atoms with Crippen LogP contribution in [-0.4, -0.2) is 24.1 Å². The molecule has 0 saturated heterocycles. The average Bonchev–Trinajstić information content (AvgIpc) is 2.49. The molecule has 0 saturated carbocycles. The summed E-state index contributed by atoms with van der Waals surface area (Å²) in [5.41, 5.74) is 1.63. The van der Waals surface area contributed by atoms with Crippen LogP contribution in [0, 0.1) is 0 Å². The molecule has 0 aliphatic heterocycles. The predicted molar refractivity (Wildman–Crippen MR) is 82.4 cm³/mol. The molecule has 21 heavy (non-hydrogen) atoms. The summed E-state index contributed by atoms with van der Waals surface area (Å²) in [6, 6.07) is 8.34. The van der Waals surface area contributed by atoms with E-state index in [1.54, 1.807) is 36.5 Å². The molecule has 0 aliphatic rings. The van der Waals surface area contributed by atoms with Gasteiger partial charge in [0.2, 0.25) is 0 Å². The van der Waals surface area contributed by atoms with Gasteiger partial charge in [-0.3, -0.25) is 15.1 Å². The third-order valence-electron chi connectivity index (χ3n) is 2.54. The van der Waals surface area contributed by atoms with Gasteiger partial charge in [0.1, 0.15) is 0 Å². The highest BCUT2D eigenvalue weighted by atomic mass is 79.9. The molecule has 0 atom stereocenters. The number of rotatable bonds is 3. The normalized spacial score (nSPS) is 9.81. The van der Waals surface area contributed by atoms with Gasteiger partial charge in [0.05, 0.1) is 12.7 Å². The Morgan fingerprint density at radius 2 is 1.71 bits per heavy atom. The van der Waals surface area contributed by atoms with Crippen molar-refractivity contribution in [1.82, 2.24) is 4.98 Å². The van der Waals surface area contributed by atoms with Crippen LogP contribution in [0.25, 0.3) is 0 Å². The van der Waals surface area contributed by atoms with Crippen LogP contribution in [-0.2, 0) is 4.74 Å². The van der Waals surface area contributed by atoms with Crippen molar-refractivity contribution in [2.75, 3.05) is 17.7 Å². The van der Waals surface area contributed by atoms with Gasteiger partial charge < -0.3 is 10.1 Å². The van der Waals surface area contributed by atoms with Crippen LogP contribution in [0.2, 0.25) is 0 Å². The molecule has 1 aromatic heterocycles. The molecule has 2 aromatic rings. The summed E-state index contributed by atoms with van der Waals surface area (Å²) in [7, 11) is 1.29. The maximum atomic E-state index is 12.0. The second kappa shape index (κ2) is 6.85. The molecule has 2 N–H and O–H groups in total. The number of ether oxygens (including phenoxy) is 1. The zero-order chi connectivity index (χ0) is 15.2. The van der Waals surface area contributed by atoms with Gasteiger partial charge in [0.15, 0.2) is 0 Å². The number of carbonyl (C=O) groups is 2. The fourth-order valence-corrected chi connectivity index (χ4v) is 1.91. The monoisotopic (exact) mass is 349 g/mol.